The van der Waals surface area contributed by atoms with Gasteiger partial charge in [0, 0.05) is 11.3 Å². The SMILES string of the molecule is CCOc1cc(/C=C(\C#N)C(=O)Nc2cc(C)ccc2C)cc(Br)c1OCc1ccccc1F. The van der Waals surface area contributed by atoms with E-state index in [9.17, 15) is 14.4 Å². The maximum atomic E-state index is 14.0. The lowest BCUT2D eigenvalue weighted by atomic mass is 10.1. The molecule has 3 aromatic carbocycles. The topological polar surface area (TPSA) is 71.3 Å². The number of hydrogen-bond donors (Lipinski definition) is 1. The molecule has 0 aromatic heterocycles. The van der Waals surface area contributed by atoms with Crippen molar-refractivity contribution in [1.82, 2.24) is 0 Å². The normalized spacial score (nSPS) is 11.0. The molecule has 0 bridgehead atoms. The minimum Gasteiger partial charge on any atom is -0.490 e. The standard InChI is InChI=1S/C27H24BrFN2O3/c1-4-33-25-14-19(13-22(28)26(25)34-16-20-7-5-6-8-23(20)29)12-21(15-30)27(32)31-24-11-17(2)9-10-18(24)3/h5-14H,4,16H2,1-3H3,(H,31,32)/b21-12+. The lowest BCUT2D eigenvalue weighted by molar-refractivity contribution is -0.112. The molecule has 0 aliphatic heterocycles. The number of ether oxygens (including phenoxy) is 2. The van der Waals surface area contributed by atoms with Crippen LogP contribution in [0, 0.1) is 31.0 Å². The largest absolute Gasteiger partial charge is 0.490 e. The minimum atomic E-state index is -0.509. The van der Waals surface area contributed by atoms with Gasteiger partial charge in [-0.25, -0.2) is 4.39 Å². The van der Waals surface area contributed by atoms with Gasteiger partial charge in [0.05, 0.1) is 11.1 Å². The van der Waals surface area contributed by atoms with Gasteiger partial charge in [-0.2, -0.15) is 5.26 Å². The number of nitrogens with one attached hydrogen (secondary N) is 1. The summed E-state index contributed by atoms with van der Waals surface area (Å²) in [5.41, 5.74) is 3.47. The number of hydrogen-bond acceptors (Lipinski definition) is 4. The molecule has 34 heavy (non-hydrogen) atoms. The van der Waals surface area contributed by atoms with E-state index in [0.29, 0.717) is 39.4 Å². The second-order valence-corrected chi connectivity index (χ2v) is 8.44. The molecule has 0 aliphatic rings. The van der Waals surface area contributed by atoms with E-state index in [0.717, 1.165) is 11.1 Å². The first-order chi connectivity index (χ1) is 16.3. The maximum Gasteiger partial charge on any atom is 0.266 e. The Morgan fingerprint density at radius 2 is 1.91 bits per heavy atom. The van der Waals surface area contributed by atoms with Gasteiger partial charge in [0.25, 0.3) is 5.91 Å². The molecule has 1 N–H and O–H groups in total. The first kappa shape index (κ1) is 25.0. The lowest BCUT2D eigenvalue weighted by Crippen LogP contribution is -2.14. The van der Waals surface area contributed by atoms with Crippen molar-refractivity contribution < 1.29 is 18.7 Å². The fraction of sp³-hybridized carbons (Fsp3) is 0.185. The molecule has 1 amide bonds. The van der Waals surface area contributed by atoms with Gasteiger partial charge >= 0.3 is 0 Å². The number of halogens is 2. The lowest BCUT2D eigenvalue weighted by Gasteiger charge is -2.15. The van der Waals surface area contributed by atoms with Crippen molar-refractivity contribution in [3.8, 4) is 17.6 Å². The monoisotopic (exact) mass is 522 g/mol. The van der Waals surface area contributed by atoms with Crippen molar-refractivity contribution >= 4 is 33.6 Å². The quantitative estimate of drug-likeness (QED) is 0.263. The average Bonchev–Trinajstić information content (AvgIpc) is 2.80. The molecule has 0 saturated heterocycles. The summed E-state index contributed by atoms with van der Waals surface area (Å²) in [6, 6.07) is 17.4. The highest BCUT2D eigenvalue weighted by Crippen LogP contribution is 2.38. The molecular formula is C27H24BrFN2O3. The molecule has 0 atom stereocenters. The third kappa shape index (κ3) is 6.24. The summed E-state index contributed by atoms with van der Waals surface area (Å²) in [6.07, 6.45) is 1.48. The summed E-state index contributed by atoms with van der Waals surface area (Å²) in [7, 11) is 0. The van der Waals surface area contributed by atoms with Crippen molar-refractivity contribution in [3.05, 3.63) is 92.7 Å². The third-order valence-electron chi connectivity index (χ3n) is 4.98. The molecule has 5 nitrogen and oxygen atoms in total. The van der Waals surface area contributed by atoms with Crippen LogP contribution in [-0.2, 0) is 11.4 Å². The van der Waals surface area contributed by atoms with Crippen LogP contribution in [0.15, 0.2) is 64.6 Å². The van der Waals surface area contributed by atoms with Crippen LogP contribution in [0.25, 0.3) is 6.08 Å². The average molecular weight is 523 g/mol. The Morgan fingerprint density at radius 1 is 1.15 bits per heavy atom. The molecule has 3 aromatic rings. The molecule has 0 heterocycles. The Kier molecular flexibility index (Phi) is 8.44. The number of rotatable bonds is 8. The van der Waals surface area contributed by atoms with Gasteiger partial charge in [0.1, 0.15) is 24.1 Å². The van der Waals surface area contributed by atoms with Crippen LogP contribution < -0.4 is 14.8 Å². The fourth-order valence-corrected chi connectivity index (χ4v) is 3.79. The van der Waals surface area contributed by atoms with Crippen LogP contribution in [0.5, 0.6) is 11.5 Å². The van der Waals surface area contributed by atoms with E-state index >= 15 is 0 Å². The van der Waals surface area contributed by atoms with Crippen molar-refractivity contribution in [2.45, 2.75) is 27.4 Å². The zero-order valence-electron chi connectivity index (χ0n) is 19.1. The van der Waals surface area contributed by atoms with Crippen molar-refractivity contribution in [2.24, 2.45) is 0 Å². The number of carbonyl (C=O) groups is 1. The number of benzene rings is 3. The van der Waals surface area contributed by atoms with E-state index in [-0.39, 0.29) is 18.0 Å². The van der Waals surface area contributed by atoms with Crippen molar-refractivity contribution in [3.63, 3.8) is 0 Å². The summed E-state index contributed by atoms with van der Waals surface area (Å²) < 4.78 is 26.1. The van der Waals surface area contributed by atoms with Crippen LogP contribution in [-0.4, -0.2) is 12.5 Å². The summed E-state index contributed by atoms with van der Waals surface area (Å²) in [5.74, 6) is -0.0536. The van der Waals surface area contributed by atoms with E-state index in [1.165, 1.54) is 12.1 Å². The molecule has 0 saturated carbocycles. The Morgan fingerprint density at radius 3 is 2.62 bits per heavy atom. The van der Waals surface area contributed by atoms with Gasteiger partial charge in [0.2, 0.25) is 0 Å². The van der Waals surface area contributed by atoms with Crippen LogP contribution in [0.1, 0.15) is 29.2 Å². The Hall–Kier alpha value is -3.63. The van der Waals surface area contributed by atoms with Gasteiger partial charge in [-0.3, -0.25) is 4.79 Å². The molecule has 0 radical (unpaired) electrons. The fourth-order valence-electron chi connectivity index (χ4n) is 3.22. The molecule has 0 fully saturated rings. The Balaban J connectivity index is 1.87. The molecule has 0 unspecified atom stereocenters. The van der Waals surface area contributed by atoms with E-state index in [4.69, 9.17) is 9.47 Å². The van der Waals surface area contributed by atoms with Gasteiger partial charge in [-0.1, -0.05) is 30.3 Å². The number of anilines is 1. The van der Waals surface area contributed by atoms with Gasteiger partial charge in [-0.05, 0) is 83.7 Å². The molecule has 174 valence electrons. The molecule has 0 spiro atoms. The summed E-state index contributed by atoms with van der Waals surface area (Å²) in [6.45, 7) is 6.03. The van der Waals surface area contributed by atoms with Crippen LogP contribution in [0.4, 0.5) is 10.1 Å². The van der Waals surface area contributed by atoms with Crippen molar-refractivity contribution in [2.75, 3.05) is 11.9 Å². The molecule has 7 heteroatoms. The number of nitrogens with zero attached hydrogens (tertiary/aromatic N) is 1. The zero-order valence-corrected chi connectivity index (χ0v) is 20.7. The van der Waals surface area contributed by atoms with Gasteiger partial charge < -0.3 is 14.8 Å². The minimum absolute atomic E-state index is 0.0161. The van der Waals surface area contributed by atoms with Crippen molar-refractivity contribution in [1.29, 1.82) is 5.26 Å². The number of aryl methyl sites for hydroxylation is 2. The summed E-state index contributed by atoms with van der Waals surface area (Å²) in [5, 5.41) is 12.4. The van der Waals surface area contributed by atoms with Crippen LogP contribution in [0.3, 0.4) is 0 Å². The van der Waals surface area contributed by atoms with Crippen LogP contribution in [0.2, 0.25) is 0 Å². The molecule has 0 aliphatic carbocycles. The number of carbonyl (C=O) groups excluding carboxylic acids is 1. The third-order valence-corrected chi connectivity index (χ3v) is 5.57. The Bertz CT molecular complexity index is 1280. The highest BCUT2D eigenvalue weighted by molar-refractivity contribution is 9.10. The van der Waals surface area contributed by atoms with E-state index < -0.39 is 5.91 Å². The highest BCUT2D eigenvalue weighted by Gasteiger charge is 2.16. The highest BCUT2D eigenvalue weighted by atomic mass is 79.9. The smallest absolute Gasteiger partial charge is 0.266 e. The van der Waals surface area contributed by atoms with Crippen LogP contribution >= 0.6 is 15.9 Å². The maximum absolute atomic E-state index is 14.0. The zero-order chi connectivity index (χ0) is 24.7. The first-order valence-electron chi connectivity index (χ1n) is 10.6. The number of amides is 1. The summed E-state index contributed by atoms with van der Waals surface area (Å²) >= 11 is 3.47. The second kappa shape index (κ2) is 11.5. The predicted molar refractivity (Wildman–Crippen MR) is 134 cm³/mol. The van der Waals surface area contributed by atoms with Gasteiger partial charge in [0.15, 0.2) is 11.5 Å². The molecule has 3 rings (SSSR count). The van der Waals surface area contributed by atoms with E-state index in [2.05, 4.69) is 21.2 Å². The molecular weight excluding hydrogens is 499 g/mol. The van der Waals surface area contributed by atoms with E-state index in [1.54, 1.807) is 30.3 Å². The Labute approximate surface area is 207 Å². The summed E-state index contributed by atoms with van der Waals surface area (Å²) in [4.78, 5) is 12.8. The first-order valence-corrected chi connectivity index (χ1v) is 11.4. The number of nitriles is 1. The second-order valence-electron chi connectivity index (χ2n) is 7.59. The van der Waals surface area contributed by atoms with Gasteiger partial charge in [-0.15, -0.1) is 0 Å². The predicted octanol–water partition coefficient (Wildman–Crippen LogP) is 6.73. The van der Waals surface area contributed by atoms with E-state index in [1.807, 2.05) is 45.0 Å².